The fourth-order valence-electron chi connectivity index (χ4n) is 2.11. The summed E-state index contributed by atoms with van der Waals surface area (Å²) in [5.74, 6) is -0.0512. The normalized spacial score (nSPS) is 10.2. The highest BCUT2D eigenvalue weighted by molar-refractivity contribution is 5.93. The molecule has 2 rings (SSSR count). The zero-order valence-corrected chi connectivity index (χ0v) is 14.5. The van der Waals surface area contributed by atoms with E-state index in [1.54, 1.807) is 49.4 Å². The van der Waals surface area contributed by atoms with Crippen LogP contribution in [0.15, 0.2) is 48.5 Å². The molecule has 0 atom stereocenters. The summed E-state index contributed by atoms with van der Waals surface area (Å²) in [7, 11) is 0. The molecule has 0 fully saturated rings. The molecule has 0 aliphatic carbocycles. The number of ether oxygens (including phenoxy) is 3. The third-order valence-corrected chi connectivity index (χ3v) is 3.39. The van der Waals surface area contributed by atoms with E-state index in [4.69, 9.17) is 14.2 Å². The van der Waals surface area contributed by atoms with Crippen LogP contribution in [-0.4, -0.2) is 25.2 Å². The Hall–Kier alpha value is -2.82. The van der Waals surface area contributed by atoms with Crippen LogP contribution in [0.3, 0.4) is 0 Å². The van der Waals surface area contributed by atoms with Crippen LogP contribution in [0.1, 0.15) is 47.4 Å². The number of carbonyl (C=O) groups is 2. The van der Waals surface area contributed by atoms with Crippen molar-refractivity contribution >= 4 is 11.9 Å². The van der Waals surface area contributed by atoms with Gasteiger partial charge in [0.2, 0.25) is 0 Å². The number of carbonyl (C=O) groups excluding carboxylic acids is 2. The second-order valence-electron chi connectivity index (χ2n) is 5.37. The predicted molar refractivity (Wildman–Crippen MR) is 94.2 cm³/mol. The molecule has 2 aromatic rings. The van der Waals surface area contributed by atoms with E-state index in [0.717, 1.165) is 12.8 Å². The lowest BCUT2D eigenvalue weighted by Crippen LogP contribution is -2.10. The zero-order chi connectivity index (χ0) is 18.1. The summed E-state index contributed by atoms with van der Waals surface area (Å²) in [5.41, 5.74) is 0.722. The van der Waals surface area contributed by atoms with E-state index in [1.165, 1.54) is 6.07 Å². The highest BCUT2D eigenvalue weighted by atomic mass is 16.5. The van der Waals surface area contributed by atoms with Gasteiger partial charge in [-0.3, -0.25) is 0 Å². The van der Waals surface area contributed by atoms with Crippen LogP contribution in [0.4, 0.5) is 0 Å². The van der Waals surface area contributed by atoms with E-state index in [9.17, 15) is 9.59 Å². The third kappa shape index (κ3) is 5.64. The van der Waals surface area contributed by atoms with Gasteiger partial charge in [-0.15, -0.1) is 0 Å². The maximum Gasteiger partial charge on any atom is 0.343 e. The highest BCUT2D eigenvalue weighted by Gasteiger charge is 2.12. The topological polar surface area (TPSA) is 61.8 Å². The molecule has 2 aromatic carbocycles. The van der Waals surface area contributed by atoms with Gasteiger partial charge in [0.1, 0.15) is 11.5 Å². The average molecular weight is 342 g/mol. The monoisotopic (exact) mass is 342 g/mol. The van der Waals surface area contributed by atoms with Crippen LogP contribution >= 0.6 is 0 Å². The van der Waals surface area contributed by atoms with Gasteiger partial charge in [-0.2, -0.15) is 0 Å². The summed E-state index contributed by atoms with van der Waals surface area (Å²) >= 11 is 0. The van der Waals surface area contributed by atoms with Gasteiger partial charge in [0.15, 0.2) is 0 Å². The Kier molecular flexibility index (Phi) is 7.01. The summed E-state index contributed by atoms with van der Waals surface area (Å²) in [6.45, 7) is 4.71. The van der Waals surface area contributed by atoms with Crippen molar-refractivity contribution in [2.75, 3.05) is 13.2 Å². The minimum atomic E-state index is -0.512. The van der Waals surface area contributed by atoms with E-state index in [2.05, 4.69) is 6.92 Å². The van der Waals surface area contributed by atoms with Gasteiger partial charge in [-0.25, -0.2) is 9.59 Å². The van der Waals surface area contributed by atoms with Gasteiger partial charge in [0, 0.05) is 0 Å². The van der Waals surface area contributed by atoms with Crippen molar-refractivity contribution in [3.8, 4) is 11.5 Å². The van der Waals surface area contributed by atoms with E-state index in [-0.39, 0.29) is 12.4 Å². The SMILES string of the molecule is CCCCOc1cccc(C(=O)Oc2cccc(C(=O)OCC)c2)c1. The lowest BCUT2D eigenvalue weighted by molar-refractivity contribution is 0.0524. The quantitative estimate of drug-likeness (QED) is 0.407. The molecular formula is C20H22O5. The van der Waals surface area contributed by atoms with Gasteiger partial charge in [-0.1, -0.05) is 25.5 Å². The molecular weight excluding hydrogens is 320 g/mol. The number of unbranched alkanes of at least 4 members (excludes halogenated alkanes) is 1. The summed E-state index contributed by atoms with van der Waals surface area (Å²) in [5, 5.41) is 0. The minimum Gasteiger partial charge on any atom is -0.494 e. The maximum absolute atomic E-state index is 12.3. The van der Waals surface area contributed by atoms with Crippen molar-refractivity contribution < 1.29 is 23.8 Å². The van der Waals surface area contributed by atoms with Crippen molar-refractivity contribution in [3.63, 3.8) is 0 Å². The summed E-state index contributed by atoms with van der Waals surface area (Å²) < 4.78 is 15.9. The van der Waals surface area contributed by atoms with Crippen LogP contribution in [0.2, 0.25) is 0 Å². The van der Waals surface area contributed by atoms with Crippen LogP contribution in [-0.2, 0) is 4.74 Å². The first-order valence-electron chi connectivity index (χ1n) is 8.36. The second-order valence-corrected chi connectivity index (χ2v) is 5.37. The van der Waals surface area contributed by atoms with Gasteiger partial charge in [-0.05, 0) is 49.7 Å². The molecule has 0 saturated heterocycles. The molecule has 0 bridgehead atoms. The standard InChI is InChI=1S/C20H22O5/c1-3-5-12-24-17-10-6-9-16(13-17)20(22)25-18-11-7-8-15(14-18)19(21)23-4-2/h6-11,13-14H,3-5,12H2,1-2H3. The van der Waals surface area contributed by atoms with Crippen LogP contribution < -0.4 is 9.47 Å². The van der Waals surface area contributed by atoms with Crippen molar-refractivity contribution in [2.24, 2.45) is 0 Å². The predicted octanol–water partition coefficient (Wildman–Crippen LogP) is 4.26. The fraction of sp³-hybridized carbons (Fsp3) is 0.300. The molecule has 0 aliphatic rings. The average Bonchev–Trinajstić information content (AvgIpc) is 2.62. The first-order chi connectivity index (χ1) is 12.1. The fourth-order valence-corrected chi connectivity index (χ4v) is 2.11. The van der Waals surface area contributed by atoms with Crippen molar-refractivity contribution in [2.45, 2.75) is 26.7 Å². The molecule has 0 radical (unpaired) electrons. The molecule has 0 unspecified atom stereocenters. The molecule has 5 nitrogen and oxygen atoms in total. The smallest absolute Gasteiger partial charge is 0.343 e. The highest BCUT2D eigenvalue weighted by Crippen LogP contribution is 2.18. The molecule has 25 heavy (non-hydrogen) atoms. The Morgan fingerprint density at radius 3 is 2.20 bits per heavy atom. The van der Waals surface area contributed by atoms with E-state index >= 15 is 0 Å². The minimum absolute atomic E-state index is 0.285. The Balaban J connectivity index is 2.05. The molecule has 0 aliphatic heterocycles. The Bertz CT molecular complexity index is 724. The largest absolute Gasteiger partial charge is 0.494 e. The number of rotatable bonds is 8. The maximum atomic E-state index is 12.3. The summed E-state index contributed by atoms with van der Waals surface area (Å²) in [6, 6.07) is 13.2. The molecule has 0 N–H and O–H groups in total. The van der Waals surface area contributed by atoms with Crippen LogP contribution in [0.5, 0.6) is 11.5 Å². The van der Waals surface area contributed by atoms with Gasteiger partial charge >= 0.3 is 11.9 Å². The van der Waals surface area contributed by atoms with Crippen molar-refractivity contribution in [1.29, 1.82) is 0 Å². The van der Waals surface area contributed by atoms with Crippen LogP contribution in [0, 0.1) is 0 Å². The summed E-state index contributed by atoms with van der Waals surface area (Å²) in [6.07, 6.45) is 1.99. The van der Waals surface area contributed by atoms with E-state index < -0.39 is 11.9 Å². The molecule has 5 heteroatoms. The Labute approximate surface area is 147 Å². The first kappa shape index (κ1) is 18.5. The van der Waals surface area contributed by atoms with Gasteiger partial charge in [0.25, 0.3) is 0 Å². The van der Waals surface area contributed by atoms with Crippen molar-refractivity contribution in [1.82, 2.24) is 0 Å². The lowest BCUT2D eigenvalue weighted by Gasteiger charge is -2.08. The molecule has 0 saturated carbocycles. The number of hydrogen-bond acceptors (Lipinski definition) is 5. The van der Waals surface area contributed by atoms with E-state index in [1.807, 2.05) is 0 Å². The molecule has 0 aromatic heterocycles. The number of benzene rings is 2. The lowest BCUT2D eigenvalue weighted by atomic mass is 10.2. The molecule has 0 spiro atoms. The number of esters is 2. The Morgan fingerprint density at radius 1 is 0.880 bits per heavy atom. The zero-order valence-electron chi connectivity index (χ0n) is 14.5. The number of hydrogen-bond donors (Lipinski definition) is 0. The molecule has 132 valence electrons. The second kappa shape index (κ2) is 9.47. The van der Waals surface area contributed by atoms with Gasteiger partial charge in [0.05, 0.1) is 24.3 Å². The van der Waals surface area contributed by atoms with Gasteiger partial charge < -0.3 is 14.2 Å². The molecule has 0 heterocycles. The van der Waals surface area contributed by atoms with Crippen LogP contribution in [0.25, 0.3) is 0 Å². The summed E-state index contributed by atoms with van der Waals surface area (Å²) in [4.78, 5) is 24.1. The first-order valence-corrected chi connectivity index (χ1v) is 8.36. The van der Waals surface area contributed by atoms with E-state index in [0.29, 0.717) is 23.5 Å². The Morgan fingerprint density at radius 2 is 1.52 bits per heavy atom. The van der Waals surface area contributed by atoms with Crippen molar-refractivity contribution in [3.05, 3.63) is 59.7 Å². The third-order valence-electron chi connectivity index (χ3n) is 3.39. The molecule has 0 amide bonds.